The Morgan fingerprint density at radius 2 is 2.05 bits per heavy atom. The molecule has 0 rings (SSSR count). The molecule has 5 heteroatoms. The van der Waals surface area contributed by atoms with Crippen molar-refractivity contribution in [3.8, 4) is 0 Å². The van der Waals surface area contributed by atoms with E-state index in [4.69, 9.17) is 5.73 Å². The van der Waals surface area contributed by atoms with Gasteiger partial charge in [0.15, 0.2) is 0 Å². The van der Waals surface area contributed by atoms with E-state index >= 15 is 0 Å². The molecule has 0 aliphatic rings. The van der Waals surface area contributed by atoms with E-state index in [2.05, 4.69) is 23.3 Å². The van der Waals surface area contributed by atoms with Crippen molar-refractivity contribution in [1.82, 2.24) is 5.01 Å². The Morgan fingerprint density at radius 1 is 1.37 bits per heavy atom. The van der Waals surface area contributed by atoms with Crippen molar-refractivity contribution in [2.45, 2.75) is 0 Å². The van der Waals surface area contributed by atoms with Gasteiger partial charge in [-0.15, -0.1) is 0 Å². The quantitative estimate of drug-likeness (QED) is 0.406. The molecule has 0 aromatic rings. The first-order valence-electron chi connectivity index (χ1n) is 5.67. The fourth-order valence-corrected chi connectivity index (χ4v) is 1.21. The van der Waals surface area contributed by atoms with Gasteiger partial charge in [-0.25, -0.2) is 0 Å². The van der Waals surface area contributed by atoms with Gasteiger partial charge in [0, 0.05) is 19.7 Å². The van der Waals surface area contributed by atoms with Crippen LogP contribution in [0.15, 0.2) is 59.2 Å². The third kappa shape index (κ3) is 7.49. The molecule has 0 saturated carbocycles. The summed E-state index contributed by atoms with van der Waals surface area (Å²) in [5.41, 5.74) is 6.58. The van der Waals surface area contributed by atoms with Crippen LogP contribution in [-0.2, 0) is 4.79 Å². The van der Waals surface area contributed by atoms with Crippen molar-refractivity contribution in [3.05, 3.63) is 49.1 Å². The van der Waals surface area contributed by atoms with Crippen LogP contribution in [0.1, 0.15) is 0 Å². The van der Waals surface area contributed by atoms with Gasteiger partial charge >= 0.3 is 0 Å². The summed E-state index contributed by atoms with van der Waals surface area (Å²) in [6, 6.07) is 0. The lowest BCUT2D eigenvalue weighted by molar-refractivity contribution is -0.118. The molecule has 0 aliphatic heterocycles. The number of hydrogen-bond acceptors (Lipinski definition) is 4. The Morgan fingerprint density at radius 3 is 2.53 bits per heavy atom. The highest BCUT2D eigenvalue weighted by atomic mass is 16.1. The van der Waals surface area contributed by atoms with E-state index in [1.54, 1.807) is 44.6 Å². The van der Waals surface area contributed by atoms with Gasteiger partial charge in [0.2, 0.25) is 5.91 Å². The summed E-state index contributed by atoms with van der Waals surface area (Å²) < 4.78 is 0. The SMILES string of the molecule is C=C\C=C/C(=N\C)C(/C=N\N(C)CC(N)=O)=C\C=C. The van der Waals surface area contributed by atoms with Gasteiger partial charge in [0.1, 0.15) is 6.54 Å². The Bertz CT molecular complexity index is 444. The zero-order chi connectivity index (χ0) is 14.7. The topological polar surface area (TPSA) is 71.1 Å². The van der Waals surface area contributed by atoms with Gasteiger partial charge in [-0.2, -0.15) is 5.10 Å². The molecule has 0 heterocycles. The molecule has 0 unspecified atom stereocenters. The molecule has 0 bridgehead atoms. The molecule has 0 saturated heterocycles. The highest BCUT2D eigenvalue weighted by Crippen LogP contribution is 2.00. The first kappa shape index (κ1) is 16.6. The van der Waals surface area contributed by atoms with Crippen LogP contribution in [-0.4, -0.2) is 43.5 Å². The van der Waals surface area contributed by atoms with E-state index in [9.17, 15) is 4.79 Å². The van der Waals surface area contributed by atoms with Crippen LogP contribution in [0.2, 0.25) is 0 Å². The van der Waals surface area contributed by atoms with E-state index in [-0.39, 0.29) is 6.54 Å². The van der Waals surface area contributed by atoms with Crippen LogP contribution < -0.4 is 5.73 Å². The van der Waals surface area contributed by atoms with Crippen molar-refractivity contribution in [3.63, 3.8) is 0 Å². The number of nitrogens with two attached hydrogens (primary N) is 1. The van der Waals surface area contributed by atoms with Crippen molar-refractivity contribution in [1.29, 1.82) is 0 Å². The predicted molar refractivity (Wildman–Crippen MR) is 81.3 cm³/mol. The third-order valence-corrected chi connectivity index (χ3v) is 2.00. The maximum absolute atomic E-state index is 10.7. The van der Waals surface area contributed by atoms with Crippen LogP contribution in [0.5, 0.6) is 0 Å². The number of hydrazone groups is 1. The number of likely N-dealkylation sites (N-methyl/N-ethyl adjacent to an activating group) is 1. The molecule has 0 radical (unpaired) electrons. The van der Waals surface area contributed by atoms with Gasteiger partial charge in [-0.1, -0.05) is 37.5 Å². The monoisotopic (exact) mass is 260 g/mol. The molecule has 0 atom stereocenters. The second-order valence-electron chi connectivity index (χ2n) is 3.59. The lowest BCUT2D eigenvalue weighted by atomic mass is 10.1. The largest absolute Gasteiger partial charge is 0.368 e. The lowest BCUT2D eigenvalue weighted by Gasteiger charge is -2.10. The average Bonchev–Trinajstić information content (AvgIpc) is 2.35. The van der Waals surface area contributed by atoms with Crippen LogP contribution >= 0.6 is 0 Å². The van der Waals surface area contributed by atoms with Crippen molar-refractivity contribution in [2.24, 2.45) is 15.8 Å². The number of hydrogen-bond donors (Lipinski definition) is 1. The van der Waals surface area contributed by atoms with E-state index in [0.717, 1.165) is 11.3 Å². The highest BCUT2D eigenvalue weighted by Gasteiger charge is 2.01. The Labute approximate surface area is 114 Å². The van der Waals surface area contributed by atoms with Crippen LogP contribution in [0.3, 0.4) is 0 Å². The molecule has 0 aliphatic carbocycles. The molecule has 5 nitrogen and oxygen atoms in total. The van der Waals surface area contributed by atoms with Gasteiger partial charge < -0.3 is 5.73 Å². The first-order valence-corrected chi connectivity index (χ1v) is 5.67. The van der Waals surface area contributed by atoms with Crippen molar-refractivity contribution in [2.75, 3.05) is 20.6 Å². The second-order valence-corrected chi connectivity index (χ2v) is 3.59. The summed E-state index contributed by atoms with van der Waals surface area (Å²) in [7, 11) is 3.34. The van der Waals surface area contributed by atoms with Gasteiger partial charge in [0.05, 0.1) is 11.9 Å². The number of primary amides is 1. The minimum Gasteiger partial charge on any atom is -0.368 e. The normalized spacial score (nSPS) is 12.9. The van der Waals surface area contributed by atoms with Gasteiger partial charge in [-0.3, -0.25) is 14.8 Å². The van der Waals surface area contributed by atoms with Gasteiger partial charge in [-0.05, 0) is 6.08 Å². The van der Waals surface area contributed by atoms with E-state index in [1.165, 1.54) is 5.01 Å². The predicted octanol–water partition coefficient (Wildman–Crippen LogP) is 1.31. The molecule has 1 amide bonds. The highest BCUT2D eigenvalue weighted by molar-refractivity contribution is 6.21. The Balaban J connectivity index is 5.03. The maximum Gasteiger partial charge on any atom is 0.238 e. The van der Waals surface area contributed by atoms with E-state index < -0.39 is 5.91 Å². The van der Waals surface area contributed by atoms with Crippen LogP contribution in [0.4, 0.5) is 0 Å². The number of carbonyl (C=O) groups is 1. The second kappa shape index (κ2) is 9.58. The molecule has 102 valence electrons. The number of aliphatic imine (C=N–C) groups is 1. The number of rotatable bonds is 8. The number of amides is 1. The van der Waals surface area contributed by atoms with E-state index in [1.807, 2.05) is 6.08 Å². The lowest BCUT2D eigenvalue weighted by Crippen LogP contribution is -2.27. The maximum atomic E-state index is 10.7. The third-order valence-electron chi connectivity index (χ3n) is 2.00. The van der Waals surface area contributed by atoms with Crippen molar-refractivity contribution < 1.29 is 4.79 Å². The number of carbonyl (C=O) groups excluding carboxylic acids is 1. The minimum absolute atomic E-state index is 0.0545. The standard InChI is InChI=1S/C14H20N4O/c1-5-7-9-13(16-3)12(8-6-2)10-17-18(4)11-14(15)19/h5-10H,1-2,11H2,3-4H3,(H2,15,19)/b9-7-,12-8-,16-13+,17-10-. The first-order chi connectivity index (χ1) is 9.04. The zero-order valence-corrected chi connectivity index (χ0v) is 11.4. The molecule has 2 N–H and O–H groups in total. The van der Waals surface area contributed by atoms with Gasteiger partial charge in [0.25, 0.3) is 0 Å². The smallest absolute Gasteiger partial charge is 0.238 e. The molecule has 19 heavy (non-hydrogen) atoms. The summed E-state index contributed by atoms with van der Waals surface area (Å²) in [5, 5.41) is 5.56. The molecule has 0 spiro atoms. The summed E-state index contributed by atoms with van der Waals surface area (Å²) in [4.78, 5) is 14.9. The number of allylic oxidation sites excluding steroid dienone is 6. The summed E-state index contributed by atoms with van der Waals surface area (Å²) in [6.45, 7) is 7.31. The summed E-state index contributed by atoms with van der Waals surface area (Å²) >= 11 is 0. The summed E-state index contributed by atoms with van der Waals surface area (Å²) in [5.74, 6) is -0.440. The Kier molecular flexibility index (Phi) is 8.36. The molecule has 0 aromatic heterocycles. The molecular weight excluding hydrogens is 240 g/mol. The van der Waals surface area contributed by atoms with Crippen LogP contribution in [0.25, 0.3) is 0 Å². The molecule has 0 fully saturated rings. The average molecular weight is 260 g/mol. The zero-order valence-electron chi connectivity index (χ0n) is 11.4. The van der Waals surface area contributed by atoms with E-state index in [0.29, 0.717) is 0 Å². The fraction of sp³-hybridized carbons (Fsp3) is 0.214. The number of nitrogens with zero attached hydrogens (tertiary/aromatic N) is 3. The fourth-order valence-electron chi connectivity index (χ4n) is 1.21. The summed E-state index contributed by atoms with van der Waals surface area (Å²) in [6.07, 6.45) is 10.3. The van der Waals surface area contributed by atoms with Crippen LogP contribution in [0, 0.1) is 0 Å². The Hall–Kier alpha value is -2.43. The molecular formula is C14H20N4O. The van der Waals surface area contributed by atoms with Crippen molar-refractivity contribution >= 4 is 17.8 Å². The molecule has 0 aromatic carbocycles. The minimum atomic E-state index is -0.440.